The van der Waals surface area contributed by atoms with Crippen LogP contribution in [0.4, 0.5) is 5.69 Å². The van der Waals surface area contributed by atoms with E-state index in [0.29, 0.717) is 23.7 Å². The van der Waals surface area contributed by atoms with Crippen LogP contribution < -0.4 is 15.8 Å². The molecule has 0 atom stereocenters. The number of carbonyl (C=O) groups excluding carboxylic acids is 1. The van der Waals surface area contributed by atoms with E-state index in [4.69, 9.17) is 10.5 Å². The van der Waals surface area contributed by atoms with Crippen molar-refractivity contribution in [3.63, 3.8) is 0 Å². The number of ether oxygens (including phenoxy) is 1. The van der Waals surface area contributed by atoms with Crippen molar-refractivity contribution in [2.45, 2.75) is 13.5 Å². The van der Waals surface area contributed by atoms with Crippen LogP contribution in [0.2, 0.25) is 0 Å². The zero-order chi connectivity index (χ0) is 14.5. The first-order valence-corrected chi connectivity index (χ1v) is 6.24. The van der Waals surface area contributed by atoms with E-state index < -0.39 is 0 Å². The maximum Gasteiger partial charge on any atom is 0.253 e. The summed E-state index contributed by atoms with van der Waals surface area (Å²) in [6, 6.07) is 9.00. The van der Waals surface area contributed by atoms with Gasteiger partial charge in [0, 0.05) is 24.5 Å². The zero-order valence-electron chi connectivity index (χ0n) is 11.5. The smallest absolute Gasteiger partial charge is 0.253 e. The van der Waals surface area contributed by atoms with Gasteiger partial charge in [-0.15, -0.1) is 0 Å². The molecule has 1 heterocycles. The van der Waals surface area contributed by atoms with Crippen LogP contribution in [0.3, 0.4) is 0 Å². The second-order valence-electron chi connectivity index (χ2n) is 4.43. The molecule has 5 nitrogen and oxygen atoms in total. The lowest BCUT2D eigenvalue weighted by Crippen LogP contribution is -2.24. The number of rotatable bonds is 4. The molecule has 1 aromatic heterocycles. The maximum absolute atomic E-state index is 12.1. The van der Waals surface area contributed by atoms with Crippen LogP contribution in [0, 0.1) is 6.92 Å². The van der Waals surface area contributed by atoms with Crippen molar-refractivity contribution < 1.29 is 9.53 Å². The molecule has 0 spiro atoms. The Labute approximate surface area is 117 Å². The van der Waals surface area contributed by atoms with Crippen LogP contribution in [-0.4, -0.2) is 18.0 Å². The Morgan fingerprint density at radius 3 is 2.95 bits per heavy atom. The predicted molar refractivity (Wildman–Crippen MR) is 77.6 cm³/mol. The van der Waals surface area contributed by atoms with Gasteiger partial charge in [-0.05, 0) is 30.2 Å². The highest BCUT2D eigenvalue weighted by molar-refractivity contribution is 5.99. The average molecular weight is 271 g/mol. The van der Waals surface area contributed by atoms with Crippen molar-refractivity contribution in [2.75, 3.05) is 12.8 Å². The summed E-state index contributed by atoms with van der Waals surface area (Å²) in [5, 5.41) is 2.83. The van der Waals surface area contributed by atoms with Crippen LogP contribution in [0.1, 0.15) is 21.5 Å². The lowest BCUT2D eigenvalue weighted by molar-refractivity contribution is 0.0951. The van der Waals surface area contributed by atoms with Gasteiger partial charge in [0.25, 0.3) is 5.91 Å². The number of benzene rings is 1. The van der Waals surface area contributed by atoms with E-state index in [2.05, 4.69) is 10.3 Å². The minimum absolute atomic E-state index is 0.193. The number of nitrogen functional groups attached to an aromatic ring is 1. The van der Waals surface area contributed by atoms with Gasteiger partial charge < -0.3 is 15.8 Å². The molecule has 1 aromatic carbocycles. The number of nitrogens with two attached hydrogens (primary N) is 1. The molecule has 20 heavy (non-hydrogen) atoms. The Hall–Kier alpha value is -2.56. The van der Waals surface area contributed by atoms with E-state index in [9.17, 15) is 4.79 Å². The first kappa shape index (κ1) is 13.9. The molecule has 0 aliphatic rings. The van der Waals surface area contributed by atoms with Crippen molar-refractivity contribution in [1.29, 1.82) is 0 Å². The van der Waals surface area contributed by atoms with Crippen molar-refractivity contribution in [3.8, 4) is 5.88 Å². The highest BCUT2D eigenvalue weighted by Gasteiger charge is 2.10. The molecule has 104 valence electrons. The van der Waals surface area contributed by atoms with E-state index in [-0.39, 0.29) is 5.91 Å². The number of carbonyl (C=O) groups is 1. The molecule has 0 fully saturated rings. The SMILES string of the molecule is COc1cc(CNC(=O)c2cccc(C)c2N)ccn1. The Morgan fingerprint density at radius 2 is 2.20 bits per heavy atom. The molecule has 0 saturated heterocycles. The molecular formula is C15H17N3O2. The molecule has 0 aliphatic heterocycles. The third-order valence-electron chi connectivity index (χ3n) is 3.03. The second-order valence-corrected chi connectivity index (χ2v) is 4.43. The van der Waals surface area contributed by atoms with E-state index in [1.165, 1.54) is 0 Å². The van der Waals surface area contributed by atoms with Crippen molar-refractivity contribution in [3.05, 3.63) is 53.2 Å². The van der Waals surface area contributed by atoms with Gasteiger partial charge in [0.15, 0.2) is 0 Å². The summed E-state index contributed by atoms with van der Waals surface area (Å²) in [7, 11) is 1.55. The Kier molecular flexibility index (Phi) is 4.20. The van der Waals surface area contributed by atoms with Gasteiger partial charge in [-0.3, -0.25) is 4.79 Å². The second kappa shape index (κ2) is 6.06. The summed E-state index contributed by atoms with van der Waals surface area (Å²) in [6.45, 7) is 2.27. The largest absolute Gasteiger partial charge is 0.481 e. The predicted octanol–water partition coefficient (Wildman–Crippen LogP) is 1.91. The number of para-hydroxylation sites is 1. The van der Waals surface area contributed by atoms with Gasteiger partial charge in [0.1, 0.15) is 0 Å². The number of aryl methyl sites for hydroxylation is 1. The van der Waals surface area contributed by atoms with Crippen LogP contribution in [0.25, 0.3) is 0 Å². The molecule has 2 rings (SSSR count). The van der Waals surface area contributed by atoms with Gasteiger partial charge in [-0.25, -0.2) is 4.98 Å². The normalized spacial score (nSPS) is 10.1. The van der Waals surface area contributed by atoms with E-state index in [1.54, 1.807) is 25.4 Å². The Balaban J connectivity index is 2.06. The number of pyridine rings is 1. The molecule has 0 bridgehead atoms. The van der Waals surface area contributed by atoms with Crippen LogP contribution >= 0.6 is 0 Å². The van der Waals surface area contributed by atoms with Crippen LogP contribution in [-0.2, 0) is 6.54 Å². The number of nitrogens with zero attached hydrogens (tertiary/aromatic N) is 1. The summed E-state index contributed by atoms with van der Waals surface area (Å²) in [5.74, 6) is 0.328. The molecular weight excluding hydrogens is 254 g/mol. The van der Waals surface area contributed by atoms with Gasteiger partial charge in [0.05, 0.1) is 12.7 Å². The topological polar surface area (TPSA) is 77.2 Å². The monoisotopic (exact) mass is 271 g/mol. The first-order chi connectivity index (χ1) is 9.61. The van der Waals surface area contributed by atoms with Crippen LogP contribution in [0.15, 0.2) is 36.5 Å². The van der Waals surface area contributed by atoms with E-state index in [0.717, 1.165) is 11.1 Å². The third kappa shape index (κ3) is 3.06. The Morgan fingerprint density at radius 1 is 1.40 bits per heavy atom. The molecule has 5 heteroatoms. The zero-order valence-corrected chi connectivity index (χ0v) is 11.5. The molecule has 0 aliphatic carbocycles. The molecule has 0 saturated carbocycles. The Bertz CT molecular complexity index is 626. The molecule has 1 amide bonds. The minimum atomic E-state index is -0.193. The number of hydrogen-bond donors (Lipinski definition) is 2. The molecule has 0 radical (unpaired) electrons. The summed E-state index contributed by atoms with van der Waals surface area (Å²) in [4.78, 5) is 16.1. The van der Waals surface area contributed by atoms with Gasteiger partial charge in [-0.2, -0.15) is 0 Å². The molecule has 2 aromatic rings. The van der Waals surface area contributed by atoms with Gasteiger partial charge >= 0.3 is 0 Å². The summed E-state index contributed by atoms with van der Waals surface area (Å²) < 4.78 is 5.04. The summed E-state index contributed by atoms with van der Waals surface area (Å²) in [5.41, 5.74) is 8.72. The lowest BCUT2D eigenvalue weighted by atomic mass is 10.1. The lowest BCUT2D eigenvalue weighted by Gasteiger charge is -2.09. The summed E-state index contributed by atoms with van der Waals surface area (Å²) >= 11 is 0. The number of amides is 1. The summed E-state index contributed by atoms with van der Waals surface area (Å²) in [6.07, 6.45) is 1.64. The molecule has 0 unspecified atom stereocenters. The number of aromatic nitrogens is 1. The number of nitrogens with one attached hydrogen (secondary N) is 1. The first-order valence-electron chi connectivity index (χ1n) is 6.24. The number of hydrogen-bond acceptors (Lipinski definition) is 4. The highest BCUT2D eigenvalue weighted by atomic mass is 16.5. The van der Waals surface area contributed by atoms with Gasteiger partial charge in [-0.1, -0.05) is 12.1 Å². The number of anilines is 1. The molecule has 3 N–H and O–H groups in total. The highest BCUT2D eigenvalue weighted by Crippen LogP contribution is 2.16. The number of methoxy groups -OCH3 is 1. The average Bonchev–Trinajstić information content (AvgIpc) is 2.48. The van der Waals surface area contributed by atoms with Crippen molar-refractivity contribution in [2.24, 2.45) is 0 Å². The van der Waals surface area contributed by atoms with Crippen molar-refractivity contribution in [1.82, 2.24) is 10.3 Å². The fourth-order valence-corrected chi connectivity index (χ4v) is 1.83. The fraction of sp³-hybridized carbons (Fsp3) is 0.200. The van der Waals surface area contributed by atoms with Gasteiger partial charge in [0.2, 0.25) is 5.88 Å². The third-order valence-corrected chi connectivity index (χ3v) is 3.03. The van der Waals surface area contributed by atoms with Crippen molar-refractivity contribution >= 4 is 11.6 Å². The van der Waals surface area contributed by atoms with E-state index in [1.807, 2.05) is 25.1 Å². The minimum Gasteiger partial charge on any atom is -0.481 e. The standard InChI is InChI=1S/C15H17N3O2/c1-10-4-3-5-12(14(10)16)15(19)18-9-11-6-7-17-13(8-11)20-2/h3-8H,9,16H2,1-2H3,(H,18,19). The van der Waals surface area contributed by atoms with Crippen LogP contribution in [0.5, 0.6) is 5.88 Å². The fourth-order valence-electron chi connectivity index (χ4n) is 1.83. The quantitative estimate of drug-likeness (QED) is 0.833. The van der Waals surface area contributed by atoms with E-state index >= 15 is 0 Å². The maximum atomic E-state index is 12.1.